The third kappa shape index (κ3) is 4.04. The van der Waals surface area contributed by atoms with Gasteiger partial charge in [-0.15, -0.1) is 0 Å². The van der Waals surface area contributed by atoms with Crippen molar-refractivity contribution < 1.29 is 13.4 Å². The van der Waals surface area contributed by atoms with Crippen LogP contribution in [0.3, 0.4) is 0 Å². The van der Waals surface area contributed by atoms with Gasteiger partial charge in [0.15, 0.2) is 6.20 Å². The maximum absolute atomic E-state index is 15.5. The molecule has 1 aliphatic rings. The van der Waals surface area contributed by atoms with Gasteiger partial charge < -0.3 is 4.42 Å². The number of furan rings is 1. The molecule has 2 aromatic heterocycles. The molecule has 192 valence electrons. The number of benzene rings is 4. The van der Waals surface area contributed by atoms with E-state index in [2.05, 4.69) is 66.1 Å². The summed E-state index contributed by atoms with van der Waals surface area (Å²) in [6.07, 6.45) is 7.32. The van der Waals surface area contributed by atoms with Crippen LogP contribution in [-0.2, 0) is 7.05 Å². The molecule has 0 saturated heterocycles. The number of aromatic nitrogens is 1. The molecule has 0 aliphatic heterocycles. The lowest BCUT2D eigenvalue weighted by Gasteiger charge is -2.11. The SMILES string of the molecule is Cc1ccc2c(oc3c(-c4ccc(-c5ccc(C6CCCC6)cc5)cc4)c(F)ccc32)c1-c1cccc[n+]1C. The van der Waals surface area contributed by atoms with Crippen molar-refractivity contribution in [3.63, 3.8) is 0 Å². The first-order valence-corrected chi connectivity index (χ1v) is 13.9. The molecule has 2 heterocycles. The second kappa shape index (κ2) is 9.50. The molecule has 0 radical (unpaired) electrons. The first kappa shape index (κ1) is 23.8. The molecule has 0 bridgehead atoms. The Morgan fingerprint density at radius 2 is 1.31 bits per heavy atom. The molecule has 1 aliphatic carbocycles. The van der Waals surface area contributed by atoms with Crippen molar-refractivity contribution >= 4 is 21.9 Å². The summed E-state index contributed by atoms with van der Waals surface area (Å²) in [5.41, 5.74) is 9.67. The van der Waals surface area contributed by atoms with Gasteiger partial charge in [0, 0.05) is 22.9 Å². The third-order valence-corrected chi connectivity index (χ3v) is 8.52. The molecule has 39 heavy (non-hydrogen) atoms. The lowest BCUT2D eigenvalue weighted by Crippen LogP contribution is -2.30. The standard InChI is InChI=1S/C36H31FNO/c1-23-10-19-29-30-20-21-31(37)34(36(30)39-35(29)33(23)32-9-5-6-22-38(32)2)28-17-15-27(16-18-28)26-13-11-25(12-14-26)24-7-3-4-8-24/h5-6,9-22,24H,3-4,7-8H2,1-2H3/q+1. The molecular weight excluding hydrogens is 481 g/mol. The molecular formula is C36H31FNO+. The Morgan fingerprint density at radius 1 is 0.692 bits per heavy atom. The molecule has 3 heteroatoms. The van der Waals surface area contributed by atoms with Crippen LogP contribution >= 0.6 is 0 Å². The van der Waals surface area contributed by atoms with Crippen molar-refractivity contribution in [3.8, 4) is 33.5 Å². The van der Waals surface area contributed by atoms with E-state index in [1.54, 1.807) is 6.07 Å². The average Bonchev–Trinajstić information content (AvgIpc) is 3.63. The highest BCUT2D eigenvalue weighted by Crippen LogP contribution is 2.42. The highest BCUT2D eigenvalue weighted by molar-refractivity contribution is 6.13. The first-order chi connectivity index (χ1) is 19.1. The topological polar surface area (TPSA) is 17.0 Å². The van der Waals surface area contributed by atoms with E-state index >= 15 is 4.39 Å². The van der Waals surface area contributed by atoms with Gasteiger partial charge in [0.2, 0.25) is 5.69 Å². The van der Waals surface area contributed by atoms with Crippen LogP contribution in [0.5, 0.6) is 0 Å². The van der Waals surface area contributed by atoms with Crippen LogP contribution in [-0.4, -0.2) is 0 Å². The van der Waals surface area contributed by atoms with Gasteiger partial charge >= 0.3 is 0 Å². The summed E-state index contributed by atoms with van der Waals surface area (Å²) in [6, 6.07) is 30.9. The number of aryl methyl sites for hydroxylation is 2. The predicted molar refractivity (Wildman–Crippen MR) is 157 cm³/mol. The van der Waals surface area contributed by atoms with Crippen molar-refractivity contribution in [3.05, 3.63) is 114 Å². The number of nitrogens with zero attached hydrogens (tertiary/aromatic N) is 1. The van der Waals surface area contributed by atoms with Gasteiger partial charge in [-0.25, -0.2) is 8.96 Å². The van der Waals surface area contributed by atoms with Crippen LogP contribution in [0, 0.1) is 12.7 Å². The smallest absolute Gasteiger partial charge is 0.216 e. The highest BCUT2D eigenvalue weighted by atomic mass is 19.1. The maximum Gasteiger partial charge on any atom is 0.216 e. The zero-order valence-corrected chi connectivity index (χ0v) is 22.4. The fourth-order valence-corrected chi connectivity index (χ4v) is 6.38. The minimum absolute atomic E-state index is 0.279. The summed E-state index contributed by atoms with van der Waals surface area (Å²) in [7, 11) is 2.03. The van der Waals surface area contributed by atoms with E-state index in [1.165, 1.54) is 36.8 Å². The van der Waals surface area contributed by atoms with Gasteiger partial charge in [0.1, 0.15) is 24.0 Å². The van der Waals surface area contributed by atoms with Crippen molar-refractivity contribution in [2.24, 2.45) is 7.05 Å². The van der Waals surface area contributed by atoms with Crippen LogP contribution < -0.4 is 4.57 Å². The number of hydrogen-bond donors (Lipinski definition) is 0. The minimum atomic E-state index is -0.279. The number of rotatable bonds is 4. The number of halogens is 1. The second-order valence-corrected chi connectivity index (χ2v) is 10.9. The Labute approximate surface area is 228 Å². The van der Waals surface area contributed by atoms with Gasteiger partial charge in [-0.05, 0) is 71.7 Å². The number of hydrogen-bond acceptors (Lipinski definition) is 1. The van der Waals surface area contributed by atoms with Gasteiger partial charge in [0.05, 0.1) is 11.1 Å². The van der Waals surface area contributed by atoms with Crippen LogP contribution in [0.1, 0.15) is 42.7 Å². The molecule has 0 unspecified atom stereocenters. The second-order valence-electron chi connectivity index (χ2n) is 10.9. The van der Waals surface area contributed by atoms with Gasteiger partial charge in [-0.1, -0.05) is 73.5 Å². The third-order valence-electron chi connectivity index (χ3n) is 8.52. The molecule has 7 rings (SSSR count). The van der Waals surface area contributed by atoms with Crippen LogP contribution in [0.25, 0.3) is 55.4 Å². The van der Waals surface area contributed by atoms with E-state index in [4.69, 9.17) is 4.42 Å². The Morgan fingerprint density at radius 3 is 2.00 bits per heavy atom. The van der Waals surface area contributed by atoms with E-state index in [-0.39, 0.29) is 5.82 Å². The predicted octanol–water partition coefficient (Wildman–Crippen LogP) is 9.52. The number of fused-ring (bicyclic) bond motifs is 3. The fourth-order valence-electron chi connectivity index (χ4n) is 6.38. The van der Waals surface area contributed by atoms with Gasteiger partial charge in [-0.2, -0.15) is 0 Å². The summed E-state index contributed by atoms with van der Waals surface area (Å²) < 4.78 is 24.1. The van der Waals surface area contributed by atoms with Crippen LogP contribution in [0.2, 0.25) is 0 Å². The fraction of sp³-hybridized carbons (Fsp3) is 0.194. The number of pyridine rings is 1. The lowest BCUT2D eigenvalue weighted by molar-refractivity contribution is -0.660. The molecule has 0 atom stereocenters. The monoisotopic (exact) mass is 512 g/mol. The Kier molecular flexibility index (Phi) is 5.81. The minimum Gasteiger partial charge on any atom is -0.454 e. The van der Waals surface area contributed by atoms with Gasteiger partial charge in [0.25, 0.3) is 0 Å². The zero-order valence-electron chi connectivity index (χ0n) is 22.4. The Balaban J connectivity index is 1.32. The molecule has 4 aromatic carbocycles. The summed E-state index contributed by atoms with van der Waals surface area (Å²) >= 11 is 0. The summed E-state index contributed by atoms with van der Waals surface area (Å²) in [4.78, 5) is 0. The van der Waals surface area contributed by atoms with Crippen LogP contribution in [0.15, 0.2) is 102 Å². The van der Waals surface area contributed by atoms with Crippen molar-refractivity contribution in [1.82, 2.24) is 0 Å². The lowest BCUT2D eigenvalue weighted by atomic mass is 9.94. The van der Waals surface area contributed by atoms with Gasteiger partial charge in [-0.3, -0.25) is 0 Å². The molecule has 1 fully saturated rings. The van der Waals surface area contributed by atoms with Crippen LogP contribution in [0.4, 0.5) is 4.39 Å². The van der Waals surface area contributed by atoms with E-state index in [1.807, 2.05) is 43.6 Å². The summed E-state index contributed by atoms with van der Waals surface area (Å²) in [5.74, 6) is 0.432. The maximum atomic E-state index is 15.5. The molecule has 0 spiro atoms. The summed E-state index contributed by atoms with van der Waals surface area (Å²) in [6.45, 7) is 2.09. The van der Waals surface area contributed by atoms with E-state index < -0.39 is 0 Å². The normalized spacial score (nSPS) is 14.0. The molecule has 0 N–H and O–H groups in total. The van der Waals surface area contributed by atoms with Crippen molar-refractivity contribution in [2.75, 3.05) is 0 Å². The summed E-state index contributed by atoms with van der Waals surface area (Å²) in [5, 5.41) is 1.92. The Hall–Kier alpha value is -4.24. The molecule has 6 aromatic rings. The first-order valence-electron chi connectivity index (χ1n) is 13.9. The molecule has 0 amide bonds. The van der Waals surface area contributed by atoms with E-state index in [9.17, 15) is 0 Å². The molecule has 1 saturated carbocycles. The van der Waals surface area contributed by atoms with E-state index in [0.717, 1.165) is 44.3 Å². The zero-order chi connectivity index (χ0) is 26.5. The molecule has 2 nitrogen and oxygen atoms in total. The van der Waals surface area contributed by atoms with Crippen molar-refractivity contribution in [2.45, 2.75) is 38.5 Å². The largest absolute Gasteiger partial charge is 0.454 e. The quantitative estimate of drug-likeness (QED) is 0.215. The average molecular weight is 513 g/mol. The van der Waals surface area contributed by atoms with Crippen molar-refractivity contribution in [1.29, 1.82) is 0 Å². The van der Waals surface area contributed by atoms with E-state index in [0.29, 0.717) is 17.1 Å². The highest BCUT2D eigenvalue weighted by Gasteiger charge is 2.23. The Bertz CT molecular complexity index is 1820.